The molecule has 2 unspecified atom stereocenters. The topological polar surface area (TPSA) is 70.6 Å². The molecule has 0 aromatic carbocycles. The van der Waals surface area contributed by atoms with Gasteiger partial charge in [-0.1, -0.05) is 20.8 Å². The molecule has 3 N–H and O–H groups in total. The van der Waals surface area contributed by atoms with Crippen molar-refractivity contribution in [3.63, 3.8) is 0 Å². The predicted octanol–water partition coefficient (Wildman–Crippen LogP) is 0.526. The first kappa shape index (κ1) is 16.4. The zero-order chi connectivity index (χ0) is 14.3. The Hall–Kier alpha value is -0.650. The molecule has 5 heteroatoms. The Morgan fingerprint density at radius 3 is 2.53 bits per heavy atom. The van der Waals surface area contributed by atoms with Crippen molar-refractivity contribution in [1.82, 2.24) is 10.6 Å². The second kappa shape index (κ2) is 7.82. The largest absolute Gasteiger partial charge is 0.396 e. The zero-order valence-corrected chi connectivity index (χ0v) is 12.4. The lowest BCUT2D eigenvalue weighted by atomic mass is 9.83. The minimum Gasteiger partial charge on any atom is -0.396 e. The minimum absolute atomic E-state index is 0.0307. The van der Waals surface area contributed by atoms with Gasteiger partial charge in [-0.05, 0) is 19.4 Å². The molecule has 1 saturated heterocycles. The van der Waals surface area contributed by atoms with E-state index in [9.17, 15) is 9.90 Å². The van der Waals surface area contributed by atoms with E-state index in [1.54, 1.807) is 0 Å². The number of rotatable bonds is 8. The van der Waals surface area contributed by atoms with Crippen molar-refractivity contribution in [2.75, 3.05) is 32.9 Å². The number of nitrogens with one attached hydrogen (secondary N) is 2. The highest BCUT2D eigenvalue weighted by Crippen LogP contribution is 2.24. The molecule has 1 rings (SSSR count). The maximum atomic E-state index is 12.2. The third-order valence-electron chi connectivity index (χ3n) is 4.36. The molecule has 0 radical (unpaired) electrons. The van der Waals surface area contributed by atoms with Gasteiger partial charge in [0.2, 0.25) is 5.91 Å². The molecule has 1 fully saturated rings. The van der Waals surface area contributed by atoms with Crippen molar-refractivity contribution in [2.45, 2.75) is 39.7 Å². The summed E-state index contributed by atoms with van der Waals surface area (Å²) in [5.41, 5.74) is -0.192. The van der Waals surface area contributed by atoms with Crippen LogP contribution in [0.2, 0.25) is 0 Å². The third-order valence-corrected chi connectivity index (χ3v) is 4.36. The third kappa shape index (κ3) is 4.16. The average Bonchev–Trinajstić information content (AvgIpc) is 2.89. The first-order chi connectivity index (χ1) is 9.12. The second-order valence-electron chi connectivity index (χ2n) is 5.39. The van der Waals surface area contributed by atoms with Gasteiger partial charge < -0.3 is 20.5 Å². The maximum absolute atomic E-state index is 12.2. The molecule has 1 amide bonds. The first-order valence-corrected chi connectivity index (χ1v) is 7.32. The lowest BCUT2D eigenvalue weighted by molar-refractivity contribution is -0.126. The van der Waals surface area contributed by atoms with E-state index >= 15 is 0 Å². The van der Waals surface area contributed by atoms with Crippen LogP contribution in [-0.4, -0.2) is 50.0 Å². The minimum atomic E-state index is -0.192. The van der Waals surface area contributed by atoms with Crippen molar-refractivity contribution in [3.05, 3.63) is 0 Å². The summed E-state index contributed by atoms with van der Waals surface area (Å²) >= 11 is 0. The average molecular weight is 272 g/mol. The number of carbonyl (C=O) groups excluding carboxylic acids is 1. The Bertz CT molecular complexity index is 272. The molecular weight excluding hydrogens is 244 g/mol. The van der Waals surface area contributed by atoms with Crippen molar-refractivity contribution in [1.29, 1.82) is 0 Å². The highest BCUT2D eigenvalue weighted by molar-refractivity contribution is 5.79. The summed E-state index contributed by atoms with van der Waals surface area (Å²) in [6.07, 6.45) is 1.72. The Kier molecular flexibility index (Phi) is 6.75. The zero-order valence-electron chi connectivity index (χ0n) is 12.4. The van der Waals surface area contributed by atoms with E-state index in [0.29, 0.717) is 19.8 Å². The Balaban J connectivity index is 2.50. The molecule has 0 aromatic heterocycles. The van der Waals surface area contributed by atoms with Gasteiger partial charge in [0.05, 0.1) is 25.7 Å². The number of aliphatic hydroxyl groups excluding tert-OH is 1. The number of amides is 1. The number of hydrogen-bond donors (Lipinski definition) is 3. The Morgan fingerprint density at radius 2 is 2.00 bits per heavy atom. The van der Waals surface area contributed by atoms with Gasteiger partial charge >= 0.3 is 0 Å². The van der Waals surface area contributed by atoms with Gasteiger partial charge in [-0.3, -0.25) is 4.79 Å². The second-order valence-corrected chi connectivity index (χ2v) is 5.39. The van der Waals surface area contributed by atoms with E-state index in [-0.39, 0.29) is 29.9 Å². The van der Waals surface area contributed by atoms with E-state index in [1.807, 2.05) is 20.8 Å². The van der Waals surface area contributed by atoms with Crippen LogP contribution in [0.4, 0.5) is 0 Å². The number of ether oxygens (including phenoxy) is 1. The first-order valence-electron chi connectivity index (χ1n) is 7.32. The quantitative estimate of drug-likeness (QED) is 0.603. The van der Waals surface area contributed by atoms with Crippen LogP contribution >= 0.6 is 0 Å². The number of carbonyl (C=O) groups is 1. The number of hydrogen-bond acceptors (Lipinski definition) is 4. The number of aliphatic hydroxyl groups is 1. The molecule has 0 aliphatic carbocycles. The van der Waals surface area contributed by atoms with Crippen LogP contribution in [0.5, 0.6) is 0 Å². The van der Waals surface area contributed by atoms with E-state index in [4.69, 9.17) is 4.74 Å². The van der Waals surface area contributed by atoms with E-state index in [1.165, 1.54) is 0 Å². The van der Waals surface area contributed by atoms with Crippen molar-refractivity contribution in [3.8, 4) is 0 Å². The summed E-state index contributed by atoms with van der Waals surface area (Å²) in [6.45, 7) is 8.67. The molecule has 0 bridgehead atoms. The fourth-order valence-corrected chi connectivity index (χ4v) is 2.46. The summed E-state index contributed by atoms with van der Waals surface area (Å²) in [5.74, 6) is -0.0896. The summed E-state index contributed by atoms with van der Waals surface area (Å²) < 4.78 is 5.38. The van der Waals surface area contributed by atoms with Gasteiger partial charge in [-0.2, -0.15) is 0 Å². The molecule has 112 valence electrons. The van der Waals surface area contributed by atoms with Crippen molar-refractivity contribution < 1.29 is 14.6 Å². The van der Waals surface area contributed by atoms with Gasteiger partial charge in [0, 0.05) is 18.0 Å². The SMILES string of the molecule is CCNC1COCC1C(=O)NCC(CC)(CC)CO. The molecule has 0 spiro atoms. The van der Waals surface area contributed by atoms with E-state index in [0.717, 1.165) is 19.4 Å². The monoisotopic (exact) mass is 272 g/mol. The highest BCUT2D eigenvalue weighted by Gasteiger charge is 2.34. The van der Waals surface area contributed by atoms with Crippen LogP contribution in [0.3, 0.4) is 0 Å². The standard InChI is InChI=1S/C14H28N2O3/c1-4-14(5-2,10-17)9-16-13(18)11-7-19-8-12(11)15-6-3/h11-12,15,17H,4-10H2,1-3H3,(H,16,18). The van der Waals surface area contributed by atoms with Crippen LogP contribution in [0.1, 0.15) is 33.6 Å². The summed E-state index contributed by atoms with van der Waals surface area (Å²) in [4.78, 5) is 12.2. The molecular formula is C14H28N2O3. The van der Waals surface area contributed by atoms with E-state index in [2.05, 4.69) is 10.6 Å². The van der Waals surface area contributed by atoms with Crippen LogP contribution in [0, 0.1) is 11.3 Å². The summed E-state index contributed by atoms with van der Waals surface area (Å²) in [6, 6.07) is 0.108. The van der Waals surface area contributed by atoms with Crippen molar-refractivity contribution >= 4 is 5.91 Å². The maximum Gasteiger partial charge on any atom is 0.227 e. The highest BCUT2D eigenvalue weighted by atomic mass is 16.5. The van der Waals surface area contributed by atoms with Gasteiger partial charge in [0.1, 0.15) is 0 Å². The molecule has 0 saturated carbocycles. The van der Waals surface area contributed by atoms with E-state index < -0.39 is 0 Å². The van der Waals surface area contributed by atoms with Gasteiger partial charge in [0.25, 0.3) is 0 Å². The fourth-order valence-electron chi connectivity index (χ4n) is 2.46. The lowest BCUT2D eigenvalue weighted by Gasteiger charge is -2.30. The Labute approximate surface area is 116 Å². The predicted molar refractivity (Wildman–Crippen MR) is 74.9 cm³/mol. The lowest BCUT2D eigenvalue weighted by Crippen LogP contribution is -2.47. The van der Waals surface area contributed by atoms with Crippen molar-refractivity contribution in [2.24, 2.45) is 11.3 Å². The van der Waals surface area contributed by atoms with Gasteiger partial charge in [0.15, 0.2) is 0 Å². The smallest absolute Gasteiger partial charge is 0.227 e. The molecule has 19 heavy (non-hydrogen) atoms. The molecule has 5 nitrogen and oxygen atoms in total. The summed E-state index contributed by atoms with van der Waals surface area (Å²) in [7, 11) is 0. The number of likely N-dealkylation sites (N-methyl/N-ethyl adjacent to an activating group) is 1. The van der Waals surface area contributed by atoms with Crippen LogP contribution < -0.4 is 10.6 Å². The molecule has 1 heterocycles. The molecule has 1 aliphatic rings. The molecule has 0 aromatic rings. The van der Waals surface area contributed by atoms with Gasteiger partial charge in [-0.15, -0.1) is 0 Å². The molecule has 1 aliphatic heterocycles. The summed E-state index contributed by atoms with van der Waals surface area (Å²) in [5, 5.41) is 15.8. The normalized spacial score (nSPS) is 23.6. The Morgan fingerprint density at radius 1 is 1.32 bits per heavy atom. The van der Waals surface area contributed by atoms with Crippen LogP contribution in [0.25, 0.3) is 0 Å². The van der Waals surface area contributed by atoms with Gasteiger partial charge in [-0.25, -0.2) is 0 Å². The molecule has 2 atom stereocenters. The fraction of sp³-hybridized carbons (Fsp3) is 0.929. The van der Waals surface area contributed by atoms with Crippen LogP contribution in [0.15, 0.2) is 0 Å². The van der Waals surface area contributed by atoms with Crippen LogP contribution in [-0.2, 0) is 9.53 Å².